The van der Waals surface area contributed by atoms with Gasteiger partial charge in [-0.1, -0.05) is 6.07 Å². The van der Waals surface area contributed by atoms with Crippen molar-refractivity contribution in [3.8, 4) is 17.2 Å². The number of pyridine rings is 1. The fourth-order valence-electron chi connectivity index (χ4n) is 3.23. The zero-order chi connectivity index (χ0) is 19.2. The summed E-state index contributed by atoms with van der Waals surface area (Å²) in [5.74, 6) is 2.73. The van der Waals surface area contributed by atoms with Gasteiger partial charge in [-0.15, -0.1) is 0 Å². The Labute approximate surface area is 159 Å². The second-order valence-electron chi connectivity index (χ2n) is 6.04. The van der Waals surface area contributed by atoms with Crippen molar-refractivity contribution in [2.75, 3.05) is 27.9 Å². The molecule has 0 aliphatic carbocycles. The van der Waals surface area contributed by atoms with E-state index in [1.807, 2.05) is 43.3 Å². The van der Waals surface area contributed by atoms with Crippen LogP contribution in [0.2, 0.25) is 0 Å². The molecule has 2 atom stereocenters. The molecule has 2 unspecified atom stereocenters. The SMILES string of the molecule is CCOC1CC(c2c(OC)cc(OC)cc2OC)C=C(c2ccccn2)O1. The number of aromatic nitrogens is 1. The maximum absolute atomic E-state index is 6.03. The summed E-state index contributed by atoms with van der Waals surface area (Å²) in [5, 5.41) is 0. The molecule has 2 aromatic rings. The molecule has 1 aliphatic heterocycles. The second-order valence-corrected chi connectivity index (χ2v) is 6.04. The Morgan fingerprint density at radius 2 is 1.81 bits per heavy atom. The van der Waals surface area contributed by atoms with Gasteiger partial charge in [0.1, 0.15) is 28.7 Å². The molecule has 0 saturated heterocycles. The summed E-state index contributed by atoms with van der Waals surface area (Å²) in [6.45, 7) is 2.51. The van der Waals surface area contributed by atoms with Crippen LogP contribution in [0.4, 0.5) is 0 Å². The topological polar surface area (TPSA) is 59.0 Å². The van der Waals surface area contributed by atoms with E-state index >= 15 is 0 Å². The zero-order valence-electron chi connectivity index (χ0n) is 16.1. The van der Waals surface area contributed by atoms with Gasteiger partial charge in [-0.2, -0.15) is 0 Å². The van der Waals surface area contributed by atoms with Gasteiger partial charge in [-0.25, -0.2) is 0 Å². The van der Waals surface area contributed by atoms with E-state index in [0.717, 1.165) is 11.3 Å². The summed E-state index contributed by atoms with van der Waals surface area (Å²) >= 11 is 0. The maximum Gasteiger partial charge on any atom is 0.200 e. The van der Waals surface area contributed by atoms with Gasteiger partial charge in [-0.3, -0.25) is 4.98 Å². The first kappa shape index (κ1) is 19.0. The van der Waals surface area contributed by atoms with Gasteiger partial charge in [0.05, 0.1) is 21.3 Å². The molecule has 1 aromatic heterocycles. The average Bonchev–Trinajstić information content (AvgIpc) is 2.73. The quantitative estimate of drug-likeness (QED) is 0.733. The molecular formula is C21H25NO5. The third kappa shape index (κ3) is 4.17. The van der Waals surface area contributed by atoms with Gasteiger partial charge in [-0.05, 0) is 25.1 Å². The van der Waals surface area contributed by atoms with E-state index in [9.17, 15) is 0 Å². The highest BCUT2D eigenvalue weighted by Crippen LogP contribution is 2.44. The van der Waals surface area contributed by atoms with Crippen LogP contribution in [0.25, 0.3) is 5.76 Å². The second kappa shape index (κ2) is 8.77. The molecule has 27 heavy (non-hydrogen) atoms. The third-order valence-corrected chi connectivity index (χ3v) is 4.45. The summed E-state index contributed by atoms with van der Waals surface area (Å²) in [6, 6.07) is 9.44. The van der Waals surface area contributed by atoms with Crippen LogP contribution in [0.15, 0.2) is 42.6 Å². The van der Waals surface area contributed by atoms with Crippen LogP contribution < -0.4 is 14.2 Å². The average molecular weight is 371 g/mol. The van der Waals surface area contributed by atoms with Gasteiger partial charge in [0.25, 0.3) is 0 Å². The highest BCUT2D eigenvalue weighted by atomic mass is 16.7. The predicted molar refractivity (Wildman–Crippen MR) is 102 cm³/mol. The molecule has 1 aliphatic rings. The van der Waals surface area contributed by atoms with Crippen molar-refractivity contribution in [2.45, 2.75) is 25.6 Å². The molecule has 1 aromatic carbocycles. The monoisotopic (exact) mass is 371 g/mol. The standard InChI is InChI=1S/C21H25NO5/c1-5-26-20-11-14(10-17(27-20)16-8-6-7-9-22-16)21-18(24-3)12-15(23-2)13-19(21)25-4/h6-10,12-14,20H,5,11H2,1-4H3. The van der Waals surface area contributed by atoms with Crippen molar-refractivity contribution >= 4 is 5.76 Å². The van der Waals surface area contributed by atoms with E-state index in [1.165, 1.54) is 0 Å². The van der Waals surface area contributed by atoms with Crippen molar-refractivity contribution < 1.29 is 23.7 Å². The van der Waals surface area contributed by atoms with Gasteiger partial charge < -0.3 is 23.7 Å². The predicted octanol–water partition coefficient (Wildman–Crippen LogP) is 4.02. The van der Waals surface area contributed by atoms with E-state index in [2.05, 4.69) is 4.98 Å². The normalized spacial score (nSPS) is 19.0. The number of hydrogen-bond acceptors (Lipinski definition) is 6. The van der Waals surface area contributed by atoms with Crippen LogP contribution >= 0.6 is 0 Å². The van der Waals surface area contributed by atoms with Gasteiger partial charge in [0.2, 0.25) is 6.29 Å². The van der Waals surface area contributed by atoms with Crippen LogP contribution in [0.1, 0.15) is 30.5 Å². The highest BCUT2D eigenvalue weighted by Gasteiger charge is 2.30. The van der Waals surface area contributed by atoms with Crippen molar-refractivity contribution in [3.63, 3.8) is 0 Å². The van der Waals surface area contributed by atoms with Crippen LogP contribution in [0.3, 0.4) is 0 Å². The van der Waals surface area contributed by atoms with Crippen molar-refractivity contribution in [1.82, 2.24) is 4.98 Å². The Morgan fingerprint density at radius 1 is 1.07 bits per heavy atom. The van der Waals surface area contributed by atoms with Gasteiger partial charge >= 0.3 is 0 Å². The summed E-state index contributed by atoms with van der Waals surface area (Å²) in [5.41, 5.74) is 1.69. The number of ether oxygens (including phenoxy) is 5. The molecule has 0 fully saturated rings. The zero-order valence-corrected chi connectivity index (χ0v) is 16.1. The summed E-state index contributed by atoms with van der Waals surface area (Å²) in [7, 11) is 4.90. The Bertz CT molecular complexity index is 765. The highest BCUT2D eigenvalue weighted by molar-refractivity contribution is 5.62. The Hall–Kier alpha value is -2.73. The van der Waals surface area contributed by atoms with Crippen molar-refractivity contribution in [2.24, 2.45) is 0 Å². The molecule has 0 amide bonds. The minimum absolute atomic E-state index is 0.0249. The van der Waals surface area contributed by atoms with Crippen molar-refractivity contribution in [3.05, 3.63) is 53.9 Å². The maximum atomic E-state index is 6.03. The number of methoxy groups -OCH3 is 3. The van der Waals surface area contributed by atoms with Crippen LogP contribution in [0, 0.1) is 0 Å². The Morgan fingerprint density at radius 3 is 2.37 bits per heavy atom. The molecule has 6 nitrogen and oxygen atoms in total. The molecule has 3 rings (SSSR count). The van der Waals surface area contributed by atoms with E-state index in [0.29, 0.717) is 36.0 Å². The lowest BCUT2D eigenvalue weighted by atomic mass is 9.90. The molecule has 2 heterocycles. The van der Waals surface area contributed by atoms with Crippen LogP contribution in [-0.2, 0) is 9.47 Å². The van der Waals surface area contributed by atoms with E-state index < -0.39 is 0 Å². The molecule has 0 bridgehead atoms. The summed E-state index contributed by atoms with van der Waals surface area (Å²) in [6.07, 6.45) is 4.06. The third-order valence-electron chi connectivity index (χ3n) is 4.45. The van der Waals surface area contributed by atoms with Crippen LogP contribution in [-0.4, -0.2) is 39.2 Å². The summed E-state index contributed by atoms with van der Waals surface area (Å²) in [4.78, 5) is 4.41. The Balaban J connectivity index is 2.08. The minimum atomic E-state index is -0.376. The number of nitrogens with zero attached hydrogens (tertiary/aromatic N) is 1. The van der Waals surface area contributed by atoms with Crippen LogP contribution in [0.5, 0.6) is 17.2 Å². The van der Waals surface area contributed by atoms with E-state index in [-0.39, 0.29) is 12.2 Å². The number of allylic oxidation sites excluding steroid dienone is 1. The molecule has 0 saturated carbocycles. The Kier molecular flexibility index (Phi) is 6.19. The first-order chi connectivity index (χ1) is 13.2. The lowest BCUT2D eigenvalue weighted by Gasteiger charge is -2.30. The smallest absolute Gasteiger partial charge is 0.200 e. The van der Waals surface area contributed by atoms with Crippen molar-refractivity contribution in [1.29, 1.82) is 0 Å². The molecule has 0 radical (unpaired) electrons. The minimum Gasteiger partial charge on any atom is -0.496 e. The fraction of sp³-hybridized carbons (Fsp3) is 0.381. The number of rotatable bonds is 7. The molecule has 144 valence electrons. The van der Waals surface area contributed by atoms with E-state index in [1.54, 1.807) is 27.5 Å². The molecular weight excluding hydrogens is 346 g/mol. The lowest BCUT2D eigenvalue weighted by Crippen LogP contribution is -2.24. The molecule has 0 spiro atoms. The number of benzene rings is 1. The van der Waals surface area contributed by atoms with Gasteiger partial charge in [0.15, 0.2) is 0 Å². The fourth-order valence-corrected chi connectivity index (χ4v) is 3.23. The molecule has 6 heteroatoms. The summed E-state index contributed by atoms with van der Waals surface area (Å²) < 4.78 is 28.4. The number of hydrogen-bond donors (Lipinski definition) is 0. The van der Waals surface area contributed by atoms with Gasteiger partial charge in [0, 0.05) is 42.8 Å². The first-order valence-electron chi connectivity index (χ1n) is 8.91. The largest absolute Gasteiger partial charge is 0.496 e. The lowest BCUT2D eigenvalue weighted by molar-refractivity contribution is -0.104. The molecule has 0 N–H and O–H groups in total. The van der Waals surface area contributed by atoms with E-state index in [4.69, 9.17) is 23.7 Å². The first-order valence-corrected chi connectivity index (χ1v) is 8.91.